The lowest BCUT2D eigenvalue weighted by Gasteiger charge is -1.98. The topological polar surface area (TPSA) is 41.5 Å². The first-order valence-electron chi connectivity index (χ1n) is 4.88. The average Bonchev–Trinajstić information content (AvgIpc) is 2.83. The van der Waals surface area contributed by atoms with Crippen LogP contribution in [0.4, 0.5) is 4.39 Å². The largest absolute Gasteiger partial charge is 0.271 e. The number of amides is 1. The number of nitrogens with zero attached hydrogens (tertiary/aromatic N) is 1. The second kappa shape index (κ2) is 5.36. The van der Waals surface area contributed by atoms with Crippen LogP contribution in [-0.2, 0) is 0 Å². The summed E-state index contributed by atoms with van der Waals surface area (Å²) in [6.45, 7) is 0. The second-order valence-electron chi connectivity index (χ2n) is 3.22. The Hall–Kier alpha value is -2.01. The molecule has 0 bridgehead atoms. The van der Waals surface area contributed by atoms with Crippen molar-refractivity contribution in [1.82, 2.24) is 5.43 Å². The molecule has 0 aliphatic heterocycles. The number of carbonyl (C=O) groups excluding carboxylic acids is 1. The molecule has 1 aromatic heterocycles. The molecule has 1 aromatic carbocycles. The number of benzene rings is 1. The van der Waals surface area contributed by atoms with Crippen LogP contribution in [-0.4, -0.2) is 12.1 Å². The molecule has 0 radical (unpaired) electrons. The standard InChI is InChI=1S/C12H9FN2OS/c13-10-5-3-9(4-6-10)12(16)15-14-8-11-2-1-7-17-11/h1-8H,(H,15,16). The van der Waals surface area contributed by atoms with Gasteiger partial charge in [0, 0.05) is 10.4 Å². The molecule has 1 amide bonds. The fraction of sp³-hybridized carbons (Fsp3) is 0. The van der Waals surface area contributed by atoms with Crippen molar-refractivity contribution in [3.8, 4) is 0 Å². The molecule has 1 N–H and O–H groups in total. The van der Waals surface area contributed by atoms with Crippen LogP contribution in [0.2, 0.25) is 0 Å². The minimum Gasteiger partial charge on any atom is -0.267 e. The lowest BCUT2D eigenvalue weighted by Crippen LogP contribution is -2.17. The number of hydrazone groups is 1. The van der Waals surface area contributed by atoms with Gasteiger partial charge >= 0.3 is 0 Å². The third-order valence-corrected chi connectivity index (χ3v) is 2.81. The van der Waals surface area contributed by atoms with Crippen molar-refractivity contribution in [2.75, 3.05) is 0 Å². The van der Waals surface area contributed by atoms with Gasteiger partial charge in [-0.05, 0) is 35.7 Å². The lowest BCUT2D eigenvalue weighted by atomic mass is 10.2. The molecule has 17 heavy (non-hydrogen) atoms. The van der Waals surface area contributed by atoms with Gasteiger partial charge in [-0.3, -0.25) is 4.79 Å². The summed E-state index contributed by atoms with van der Waals surface area (Å²) in [5.74, 6) is -0.735. The summed E-state index contributed by atoms with van der Waals surface area (Å²) < 4.78 is 12.6. The monoisotopic (exact) mass is 248 g/mol. The normalized spacial score (nSPS) is 10.6. The fourth-order valence-corrected chi connectivity index (χ4v) is 1.77. The van der Waals surface area contributed by atoms with E-state index in [-0.39, 0.29) is 11.7 Å². The maximum Gasteiger partial charge on any atom is 0.271 e. The SMILES string of the molecule is O=C(NN=Cc1cccs1)c1ccc(F)cc1. The highest BCUT2D eigenvalue weighted by molar-refractivity contribution is 7.11. The minimum absolute atomic E-state index is 0.363. The average molecular weight is 248 g/mol. The van der Waals surface area contributed by atoms with Gasteiger partial charge in [-0.1, -0.05) is 6.07 Å². The first kappa shape index (κ1) is 11.5. The zero-order valence-corrected chi connectivity index (χ0v) is 9.58. The van der Waals surface area contributed by atoms with Gasteiger partial charge in [-0.15, -0.1) is 11.3 Å². The maximum absolute atomic E-state index is 12.6. The molecule has 0 aliphatic carbocycles. The number of nitrogens with one attached hydrogen (secondary N) is 1. The highest BCUT2D eigenvalue weighted by atomic mass is 32.1. The zero-order chi connectivity index (χ0) is 12.1. The molecule has 0 unspecified atom stereocenters. The van der Waals surface area contributed by atoms with Crippen molar-refractivity contribution in [1.29, 1.82) is 0 Å². The number of hydrogen-bond donors (Lipinski definition) is 1. The molecule has 5 heteroatoms. The van der Waals surface area contributed by atoms with Crippen LogP contribution < -0.4 is 5.43 Å². The Bertz CT molecular complexity index is 520. The summed E-state index contributed by atoms with van der Waals surface area (Å²) in [5.41, 5.74) is 2.74. The van der Waals surface area contributed by atoms with E-state index in [1.54, 1.807) is 6.21 Å². The van der Waals surface area contributed by atoms with Crippen molar-refractivity contribution in [3.63, 3.8) is 0 Å². The van der Waals surface area contributed by atoms with Crippen molar-refractivity contribution < 1.29 is 9.18 Å². The van der Waals surface area contributed by atoms with Gasteiger partial charge in [0.1, 0.15) is 5.82 Å². The summed E-state index contributed by atoms with van der Waals surface area (Å²) in [6, 6.07) is 9.07. The molecule has 0 saturated carbocycles. The number of hydrogen-bond acceptors (Lipinski definition) is 3. The van der Waals surface area contributed by atoms with E-state index < -0.39 is 0 Å². The quantitative estimate of drug-likeness (QED) is 0.658. The number of rotatable bonds is 3. The predicted octanol–water partition coefficient (Wildman–Crippen LogP) is 2.65. The summed E-state index contributed by atoms with van der Waals surface area (Å²) in [7, 11) is 0. The Morgan fingerprint density at radius 3 is 2.71 bits per heavy atom. The van der Waals surface area contributed by atoms with Crippen LogP contribution in [0.25, 0.3) is 0 Å². The number of carbonyl (C=O) groups is 1. The van der Waals surface area contributed by atoms with Gasteiger partial charge in [0.25, 0.3) is 5.91 Å². The maximum atomic E-state index is 12.6. The molecule has 3 nitrogen and oxygen atoms in total. The van der Waals surface area contributed by atoms with E-state index in [0.717, 1.165) is 4.88 Å². The Morgan fingerprint density at radius 1 is 1.29 bits per heavy atom. The molecule has 1 heterocycles. The lowest BCUT2D eigenvalue weighted by molar-refractivity contribution is 0.0955. The minimum atomic E-state index is -0.372. The van der Waals surface area contributed by atoms with Crippen LogP contribution in [0.15, 0.2) is 46.9 Å². The molecular weight excluding hydrogens is 239 g/mol. The molecule has 2 aromatic rings. The van der Waals surface area contributed by atoms with Crippen molar-refractivity contribution in [3.05, 3.63) is 58.0 Å². The van der Waals surface area contributed by atoms with E-state index in [0.29, 0.717) is 5.56 Å². The van der Waals surface area contributed by atoms with Gasteiger partial charge in [0.2, 0.25) is 0 Å². The third-order valence-electron chi connectivity index (χ3n) is 2.01. The Balaban J connectivity index is 1.96. The molecule has 86 valence electrons. The van der Waals surface area contributed by atoms with Crippen molar-refractivity contribution in [2.45, 2.75) is 0 Å². The highest BCUT2D eigenvalue weighted by Gasteiger charge is 2.03. The number of thiophene rings is 1. The second-order valence-corrected chi connectivity index (χ2v) is 4.20. The van der Waals surface area contributed by atoms with Gasteiger partial charge < -0.3 is 0 Å². The smallest absolute Gasteiger partial charge is 0.267 e. The summed E-state index contributed by atoms with van der Waals surface area (Å²) >= 11 is 1.52. The van der Waals surface area contributed by atoms with Crippen LogP contribution in [0.1, 0.15) is 15.2 Å². The highest BCUT2D eigenvalue weighted by Crippen LogP contribution is 2.05. The van der Waals surface area contributed by atoms with Gasteiger partial charge in [-0.25, -0.2) is 9.82 Å². The van der Waals surface area contributed by atoms with Gasteiger partial charge in [-0.2, -0.15) is 5.10 Å². The zero-order valence-electron chi connectivity index (χ0n) is 8.76. The van der Waals surface area contributed by atoms with Gasteiger partial charge in [0.15, 0.2) is 0 Å². The Kier molecular flexibility index (Phi) is 3.62. The van der Waals surface area contributed by atoms with E-state index in [9.17, 15) is 9.18 Å². The van der Waals surface area contributed by atoms with E-state index in [1.807, 2.05) is 17.5 Å². The third kappa shape index (κ3) is 3.22. The van der Waals surface area contributed by atoms with Crippen LogP contribution in [0.5, 0.6) is 0 Å². The van der Waals surface area contributed by atoms with Crippen LogP contribution in [0, 0.1) is 5.82 Å². The van der Waals surface area contributed by atoms with E-state index >= 15 is 0 Å². The van der Waals surface area contributed by atoms with Crippen molar-refractivity contribution in [2.24, 2.45) is 5.10 Å². The first-order valence-corrected chi connectivity index (χ1v) is 5.76. The molecule has 0 spiro atoms. The molecule has 0 saturated heterocycles. The number of halogens is 1. The summed E-state index contributed by atoms with van der Waals surface area (Å²) in [4.78, 5) is 12.5. The van der Waals surface area contributed by atoms with Crippen LogP contribution >= 0.6 is 11.3 Å². The fourth-order valence-electron chi connectivity index (χ4n) is 1.19. The molecule has 2 rings (SSSR count). The van der Waals surface area contributed by atoms with Crippen molar-refractivity contribution >= 4 is 23.5 Å². The van der Waals surface area contributed by atoms with E-state index in [4.69, 9.17) is 0 Å². The van der Waals surface area contributed by atoms with Gasteiger partial charge in [0.05, 0.1) is 6.21 Å². The molecular formula is C12H9FN2OS. The Morgan fingerprint density at radius 2 is 2.06 bits per heavy atom. The first-order chi connectivity index (χ1) is 8.25. The molecule has 0 atom stereocenters. The van der Waals surface area contributed by atoms with E-state index in [2.05, 4.69) is 10.5 Å². The predicted molar refractivity (Wildman–Crippen MR) is 65.8 cm³/mol. The molecule has 0 fully saturated rings. The van der Waals surface area contributed by atoms with E-state index in [1.165, 1.54) is 35.6 Å². The summed E-state index contributed by atoms with van der Waals surface area (Å²) in [5, 5.41) is 5.72. The Labute approximate surface area is 102 Å². The molecule has 0 aliphatic rings. The summed E-state index contributed by atoms with van der Waals surface area (Å²) in [6.07, 6.45) is 1.56. The van der Waals surface area contributed by atoms with Crippen LogP contribution in [0.3, 0.4) is 0 Å².